The van der Waals surface area contributed by atoms with Crippen molar-refractivity contribution >= 4 is 16.6 Å². The average molecular weight is 354 g/mol. The Kier molecular flexibility index (Phi) is 4.38. The number of nitrogens with one attached hydrogen (secondary N) is 1. The summed E-state index contributed by atoms with van der Waals surface area (Å²) in [5, 5.41) is 33.0. The number of pyridine rings is 1. The predicted octanol–water partition coefficient (Wildman–Crippen LogP) is 3.25. The van der Waals surface area contributed by atoms with Crippen LogP contribution in [0.4, 0.5) is 10.2 Å². The Hall–Kier alpha value is -2.80. The normalized spacial score (nSPS) is 20.2. The molecule has 134 valence electrons. The van der Waals surface area contributed by atoms with E-state index in [0.29, 0.717) is 23.0 Å². The Morgan fingerprint density at radius 2 is 2.00 bits per heavy atom. The van der Waals surface area contributed by atoms with Crippen molar-refractivity contribution in [1.82, 2.24) is 15.2 Å². The quantitative estimate of drug-likeness (QED) is 0.669. The zero-order valence-corrected chi connectivity index (χ0v) is 14.1. The maximum absolute atomic E-state index is 14.3. The number of hydrogen-bond acceptors (Lipinski definition) is 6. The van der Waals surface area contributed by atoms with Gasteiger partial charge >= 0.3 is 0 Å². The van der Waals surface area contributed by atoms with Crippen molar-refractivity contribution in [3.8, 4) is 17.0 Å². The first-order chi connectivity index (χ1) is 12.6. The molecule has 0 bridgehead atoms. The molecule has 0 unspecified atom stereocenters. The number of phenols is 1. The molecule has 3 aromatic rings. The van der Waals surface area contributed by atoms with Crippen molar-refractivity contribution in [2.45, 2.75) is 37.8 Å². The number of nitrogens with zero attached hydrogens (tertiary/aromatic N) is 3. The van der Waals surface area contributed by atoms with Crippen LogP contribution in [0, 0.1) is 5.82 Å². The van der Waals surface area contributed by atoms with Crippen LogP contribution < -0.4 is 5.32 Å². The van der Waals surface area contributed by atoms with E-state index in [0.717, 1.165) is 19.3 Å². The molecule has 1 aliphatic carbocycles. The van der Waals surface area contributed by atoms with E-state index in [1.54, 1.807) is 18.5 Å². The Balaban J connectivity index is 1.79. The van der Waals surface area contributed by atoms with Crippen molar-refractivity contribution in [1.29, 1.82) is 0 Å². The number of aromatic hydroxyl groups is 1. The first kappa shape index (κ1) is 16.7. The first-order valence-corrected chi connectivity index (χ1v) is 8.66. The Morgan fingerprint density at radius 3 is 2.81 bits per heavy atom. The predicted molar refractivity (Wildman–Crippen MR) is 96.3 cm³/mol. The largest absolute Gasteiger partial charge is 0.507 e. The summed E-state index contributed by atoms with van der Waals surface area (Å²) in [6.07, 6.45) is 6.29. The Bertz CT molecular complexity index is 930. The summed E-state index contributed by atoms with van der Waals surface area (Å²) in [7, 11) is 0. The van der Waals surface area contributed by atoms with E-state index in [1.807, 2.05) is 0 Å². The minimum Gasteiger partial charge on any atom is -0.507 e. The van der Waals surface area contributed by atoms with Gasteiger partial charge in [-0.3, -0.25) is 4.98 Å². The van der Waals surface area contributed by atoms with Gasteiger partial charge < -0.3 is 15.5 Å². The zero-order chi connectivity index (χ0) is 18.1. The molecular weight excluding hydrogens is 335 g/mol. The summed E-state index contributed by atoms with van der Waals surface area (Å²) >= 11 is 0. The molecule has 2 heterocycles. The van der Waals surface area contributed by atoms with E-state index in [1.165, 1.54) is 18.2 Å². The van der Waals surface area contributed by atoms with E-state index in [2.05, 4.69) is 20.5 Å². The van der Waals surface area contributed by atoms with Crippen LogP contribution in [0.3, 0.4) is 0 Å². The SMILES string of the molecule is Oc1cccc(F)c1-c1nnc(N[C@H]2CCC[C@@H](O)C2)c2cnccc12. The molecule has 0 radical (unpaired) electrons. The molecule has 0 spiro atoms. The third kappa shape index (κ3) is 3.06. The van der Waals surface area contributed by atoms with E-state index < -0.39 is 5.82 Å². The van der Waals surface area contributed by atoms with Gasteiger partial charge in [0, 0.05) is 29.2 Å². The fourth-order valence-corrected chi connectivity index (χ4v) is 3.52. The molecule has 4 rings (SSSR count). The Morgan fingerprint density at radius 1 is 1.12 bits per heavy atom. The number of rotatable bonds is 3. The number of benzene rings is 1. The number of aromatic nitrogens is 3. The van der Waals surface area contributed by atoms with Crippen molar-refractivity contribution in [2.75, 3.05) is 5.32 Å². The van der Waals surface area contributed by atoms with Crippen LogP contribution >= 0.6 is 0 Å². The highest BCUT2D eigenvalue weighted by Gasteiger charge is 2.22. The molecule has 3 N–H and O–H groups in total. The highest BCUT2D eigenvalue weighted by atomic mass is 19.1. The lowest BCUT2D eigenvalue weighted by Crippen LogP contribution is -2.30. The maximum Gasteiger partial charge on any atom is 0.158 e. The number of phenolic OH excluding ortho intramolecular Hbond substituents is 1. The van der Waals surface area contributed by atoms with Gasteiger partial charge in [0.25, 0.3) is 0 Å². The summed E-state index contributed by atoms with van der Waals surface area (Å²) in [5.41, 5.74) is 0.295. The molecule has 0 aliphatic heterocycles. The molecule has 2 atom stereocenters. The Labute approximate surface area is 149 Å². The molecule has 1 saturated carbocycles. The van der Waals surface area contributed by atoms with Crippen LogP contribution in [0.2, 0.25) is 0 Å². The summed E-state index contributed by atoms with van der Waals surface area (Å²) < 4.78 is 14.3. The van der Waals surface area contributed by atoms with Crippen LogP contribution in [0.1, 0.15) is 25.7 Å². The van der Waals surface area contributed by atoms with Crippen molar-refractivity contribution in [3.05, 3.63) is 42.5 Å². The average Bonchev–Trinajstić information content (AvgIpc) is 2.63. The first-order valence-electron chi connectivity index (χ1n) is 8.66. The second kappa shape index (κ2) is 6.84. The number of anilines is 1. The second-order valence-corrected chi connectivity index (χ2v) is 6.61. The summed E-state index contributed by atoms with van der Waals surface area (Å²) in [6.45, 7) is 0. The fourth-order valence-electron chi connectivity index (χ4n) is 3.52. The number of halogens is 1. The zero-order valence-electron chi connectivity index (χ0n) is 14.1. The van der Waals surface area contributed by atoms with E-state index in [4.69, 9.17) is 0 Å². The smallest absolute Gasteiger partial charge is 0.158 e. The van der Waals surface area contributed by atoms with Gasteiger partial charge in [0.05, 0.1) is 11.7 Å². The van der Waals surface area contributed by atoms with Gasteiger partial charge in [0.15, 0.2) is 5.82 Å². The van der Waals surface area contributed by atoms with Crippen LogP contribution in [0.25, 0.3) is 22.0 Å². The standard InChI is InChI=1S/C19H19FN4O2/c20-15-5-2-6-16(26)17(15)18-13-7-8-21-10-14(13)19(24-23-18)22-11-3-1-4-12(25)9-11/h2,5-8,10-12,25-26H,1,3-4,9H2,(H,22,24)/t11-,12+/m0/s1. The third-order valence-corrected chi connectivity index (χ3v) is 4.80. The molecule has 0 saturated heterocycles. The number of aliphatic hydroxyl groups is 1. The molecule has 6 nitrogen and oxygen atoms in total. The fraction of sp³-hybridized carbons (Fsp3) is 0.316. The van der Waals surface area contributed by atoms with Gasteiger partial charge in [-0.15, -0.1) is 10.2 Å². The summed E-state index contributed by atoms with van der Waals surface area (Å²) in [4.78, 5) is 4.15. The molecular formula is C19H19FN4O2. The van der Waals surface area contributed by atoms with E-state index in [-0.39, 0.29) is 29.2 Å². The maximum atomic E-state index is 14.3. The molecule has 2 aromatic heterocycles. The second-order valence-electron chi connectivity index (χ2n) is 6.61. The van der Waals surface area contributed by atoms with Gasteiger partial charge in [-0.05, 0) is 43.9 Å². The number of aliphatic hydroxyl groups excluding tert-OH is 1. The monoisotopic (exact) mass is 354 g/mol. The van der Waals surface area contributed by atoms with Crippen LogP contribution in [-0.4, -0.2) is 37.5 Å². The minimum atomic E-state index is -0.562. The molecule has 1 aliphatic rings. The van der Waals surface area contributed by atoms with E-state index in [9.17, 15) is 14.6 Å². The van der Waals surface area contributed by atoms with Crippen molar-refractivity contribution in [3.63, 3.8) is 0 Å². The molecule has 7 heteroatoms. The molecule has 1 aromatic carbocycles. The lowest BCUT2D eigenvalue weighted by molar-refractivity contribution is 0.124. The van der Waals surface area contributed by atoms with E-state index >= 15 is 0 Å². The lowest BCUT2D eigenvalue weighted by atomic mass is 9.93. The summed E-state index contributed by atoms with van der Waals surface area (Å²) in [5.74, 6) is -0.200. The number of hydrogen-bond donors (Lipinski definition) is 3. The highest BCUT2D eigenvalue weighted by molar-refractivity contribution is 6.00. The van der Waals surface area contributed by atoms with Crippen molar-refractivity contribution < 1.29 is 14.6 Å². The van der Waals surface area contributed by atoms with Gasteiger partial charge in [-0.2, -0.15) is 0 Å². The van der Waals surface area contributed by atoms with Gasteiger partial charge in [-0.1, -0.05) is 6.07 Å². The highest BCUT2D eigenvalue weighted by Crippen LogP contribution is 2.36. The lowest BCUT2D eigenvalue weighted by Gasteiger charge is -2.27. The number of fused-ring (bicyclic) bond motifs is 1. The third-order valence-electron chi connectivity index (χ3n) is 4.80. The van der Waals surface area contributed by atoms with Crippen LogP contribution in [0.15, 0.2) is 36.7 Å². The molecule has 0 amide bonds. The minimum absolute atomic E-state index is 0.0239. The molecule has 1 fully saturated rings. The van der Waals surface area contributed by atoms with Gasteiger partial charge in [0.1, 0.15) is 17.3 Å². The van der Waals surface area contributed by atoms with Gasteiger partial charge in [0.2, 0.25) is 0 Å². The topological polar surface area (TPSA) is 91.2 Å². The molecule has 26 heavy (non-hydrogen) atoms. The van der Waals surface area contributed by atoms with Crippen LogP contribution in [0.5, 0.6) is 5.75 Å². The van der Waals surface area contributed by atoms with Crippen molar-refractivity contribution in [2.24, 2.45) is 0 Å². The van der Waals surface area contributed by atoms with Crippen LogP contribution in [-0.2, 0) is 0 Å². The summed E-state index contributed by atoms with van der Waals surface area (Å²) in [6, 6.07) is 5.97. The van der Waals surface area contributed by atoms with Gasteiger partial charge in [-0.25, -0.2) is 4.39 Å².